The van der Waals surface area contributed by atoms with Crippen LogP contribution in [0.2, 0.25) is 0 Å². The number of rotatable bonds is 21. The minimum atomic E-state index is -1.18. The lowest BCUT2D eigenvalue weighted by atomic mass is 9.90. The predicted molar refractivity (Wildman–Crippen MR) is 202 cm³/mol. The Kier molecular flexibility index (Phi) is 18.9. The van der Waals surface area contributed by atoms with Gasteiger partial charge in [0.25, 0.3) is 0 Å². The van der Waals surface area contributed by atoms with Crippen molar-refractivity contribution in [2.45, 2.75) is 109 Å². The molecule has 14 heteroatoms. The van der Waals surface area contributed by atoms with E-state index in [1.54, 1.807) is 37.9 Å². The van der Waals surface area contributed by atoms with E-state index >= 15 is 0 Å². The lowest BCUT2D eigenvalue weighted by molar-refractivity contribution is -0.149. The molecule has 1 aliphatic heterocycles. The maximum absolute atomic E-state index is 14.1. The molecule has 0 saturated carbocycles. The minimum absolute atomic E-state index is 0.0326. The minimum Gasteiger partial charge on any atom is -0.467 e. The number of hydrogen-bond acceptors (Lipinski definition) is 10. The molecule has 9 atom stereocenters. The molecule has 53 heavy (non-hydrogen) atoms. The number of likely N-dealkylation sites (N-methyl/N-ethyl adjacent to an activating group) is 2. The third-order valence-corrected chi connectivity index (χ3v) is 10.6. The molecule has 1 heterocycles. The molecule has 0 spiro atoms. The van der Waals surface area contributed by atoms with Gasteiger partial charge in [-0.1, -0.05) is 71.4 Å². The molecule has 300 valence electrons. The molecule has 4 amide bonds. The molecule has 4 unspecified atom stereocenters. The molecule has 0 aromatic heterocycles. The molecule has 0 bridgehead atoms. The van der Waals surface area contributed by atoms with Crippen molar-refractivity contribution in [3.8, 4) is 0 Å². The topological polar surface area (TPSA) is 167 Å². The Morgan fingerprint density at radius 3 is 2.06 bits per heavy atom. The van der Waals surface area contributed by atoms with Crippen LogP contribution >= 0.6 is 0 Å². The van der Waals surface area contributed by atoms with Gasteiger partial charge in [-0.25, -0.2) is 4.79 Å². The third-order valence-electron chi connectivity index (χ3n) is 10.6. The second-order valence-corrected chi connectivity index (χ2v) is 14.8. The zero-order chi connectivity index (χ0) is 40.0. The molecule has 1 saturated heterocycles. The molecule has 1 aromatic rings. The summed E-state index contributed by atoms with van der Waals surface area (Å²) in [4.78, 5) is 72.4. The Bertz CT molecular complexity index is 1320. The number of aliphatic hydroxyl groups excluding tert-OH is 1. The SMILES string of the molecule is CC[C@H](C)[C@@H]([C@@H](CC(=O)N1CCCC1[C@H](OC)[C@@H](C)C(=O)NC(Cc1ccccc1)C(=O)OC)OC)N(C)C(=O)C(CO)NC(=O)C(C(C)C)N(C)C. The number of nitrogens with zero attached hydrogens (tertiary/aromatic N) is 3. The predicted octanol–water partition coefficient (Wildman–Crippen LogP) is 1.87. The highest BCUT2D eigenvalue weighted by atomic mass is 16.5. The van der Waals surface area contributed by atoms with Crippen LogP contribution < -0.4 is 10.6 Å². The fraction of sp³-hybridized carbons (Fsp3) is 0.718. The van der Waals surface area contributed by atoms with E-state index in [1.165, 1.54) is 26.2 Å². The first-order chi connectivity index (χ1) is 25.1. The van der Waals surface area contributed by atoms with Crippen molar-refractivity contribution in [3.63, 3.8) is 0 Å². The number of carbonyl (C=O) groups excluding carboxylic acids is 5. The fourth-order valence-corrected chi connectivity index (χ4v) is 7.62. The largest absolute Gasteiger partial charge is 0.467 e. The molecule has 1 fully saturated rings. The highest BCUT2D eigenvalue weighted by molar-refractivity contribution is 5.90. The zero-order valence-electron chi connectivity index (χ0n) is 33.7. The molecular weight excluding hydrogens is 682 g/mol. The molecule has 0 radical (unpaired) electrons. The van der Waals surface area contributed by atoms with E-state index in [9.17, 15) is 29.1 Å². The van der Waals surface area contributed by atoms with Crippen LogP contribution in [0.5, 0.6) is 0 Å². The summed E-state index contributed by atoms with van der Waals surface area (Å²) < 4.78 is 16.8. The highest BCUT2D eigenvalue weighted by Crippen LogP contribution is 2.29. The van der Waals surface area contributed by atoms with Crippen molar-refractivity contribution >= 4 is 29.6 Å². The van der Waals surface area contributed by atoms with Gasteiger partial charge >= 0.3 is 5.97 Å². The van der Waals surface area contributed by atoms with Crippen LogP contribution in [0.15, 0.2) is 30.3 Å². The average molecular weight is 748 g/mol. The molecular formula is C39H65N5O9. The van der Waals surface area contributed by atoms with Crippen molar-refractivity contribution < 1.29 is 43.3 Å². The smallest absolute Gasteiger partial charge is 0.328 e. The Morgan fingerprint density at radius 2 is 1.55 bits per heavy atom. The number of aliphatic hydroxyl groups is 1. The summed E-state index contributed by atoms with van der Waals surface area (Å²) in [5.74, 6) is -2.88. The van der Waals surface area contributed by atoms with Crippen molar-refractivity contribution in [2.75, 3.05) is 55.6 Å². The van der Waals surface area contributed by atoms with E-state index in [1.807, 2.05) is 58.0 Å². The van der Waals surface area contributed by atoms with Gasteiger partial charge < -0.3 is 39.8 Å². The van der Waals surface area contributed by atoms with Crippen LogP contribution in [-0.2, 0) is 44.6 Å². The summed E-state index contributed by atoms with van der Waals surface area (Å²) in [7, 11) is 9.46. The van der Waals surface area contributed by atoms with Crippen molar-refractivity contribution in [1.82, 2.24) is 25.3 Å². The number of likely N-dealkylation sites (tertiary alicyclic amines) is 1. The second-order valence-electron chi connectivity index (χ2n) is 14.8. The number of esters is 1. The van der Waals surface area contributed by atoms with E-state index in [-0.39, 0.29) is 36.5 Å². The second kappa shape index (κ2) is 21.9. The summed E-state index contributed by atoms with van der Waals surface area (Å²) in [6.45, 7) is 9.36. The fourth-order valence-electron chi connectivity index (χ4n) is 7.62. The van der Waals surface area contributed by atoms with Gasteiger partial charge in [0.05, 0.1) is 56.4 Å². The quantitative estimate of drug-likeness (QED) is 0.158. The Hall–Kier alpha value is -3.59. The van der Waals surface area contributed by atoms with Gasteiger partial charge in [0.1, 0.15) is 12.1 Å². The molecule has 1 aromatic carbocycles. The van der Waals surface area contributed by atoms with Crippen molar-refractivity contribution in [3.05, 3.63) is 35.9 Å². The summed E-state index contributed by atoms with van der Waals surface area (Å²) in [6, 6.07) is 5.76. The van der Waals surface area contributed by atoms with Gasteiger partial charge in [-0.15, -0.1) is 0 Å². The van der Waals surface area contributed by atoms with E-state index in [4.69, 9.17) is 14.2 Å². The Labute approximate surface area is 316 Å². The molecule has 1 aliphatic rings. The van der Waals surface area contributed by atoms with E-state index in [2.05, 4.69) is 10.6 Å². The maximum atomic E-state index is 14.1. The first-order valence-corrected chi connectivity index (χ1v) is 18.7. The number of nitrogens with one attached hydrogen (secondary N) is 2. The Balaban J connectivity index is 2.25. The lowest BCUT2D eigenvalue weighted by Crippen LogP contribution is -2.59. The van der Waals surface area contributed by atoms with Crippen molar-refractivity contribution in [2.24, 2.45) is 17.8 Å². The number of ether oxygens (including phenoxy) is 3. The lowest BCUT2D eigenvalue weighted by Gasteiger charge is -2.40. The molecule has 0 aliphatic carbocycles. The van der Waals surface area contributed by atoms with Gasteiger partial charge in [0, 0.05) is 34.2 Å². The van der Waals surface area contributed by atoms with Crippen LogP contribution in [-0.4, -0.2) is 147 Å². The van der Waals surface area contributed by atoms with Gasteiger partial charge in [0.15, 0.2) is 0 Å². The summed E-state index contributed by atoms with van der Waals surface area (Å²) in [6.07, 6.45) is 0.806. The molecule has 2 rings (SSSR count). The maximum Gasteiger partial charge on any atom is 0.328 e. The van der Waals surface area contributed by atoms with Crippen LogP contribution in [0, 0.1) is 17.8 Å². The summed E-state index contributed by atoms with van der Waals surface area (Å²) in [5.41, 5.74) is 0.864. The molecule has 14 nitrogen and oxygen atoms in total. The normalized spacial score (nSPS) is 19.1. The number of hydrogen-bond donors (Lipinski definition) is 3. The first-order valence-electron chi connectivity index (χ1n) is 18.7. The van der Waals surface area contributed by atoms with Gasteiger partial charge in [-0.3, -0.25) is 24.1 Å². The number of carbonyl (C=O) groups is 5. The number of amides is 4. The monoisotopic (exact) mass is 747 g/mol. The summed E-state index contributed by atoms with van der Waals surface area (Å²) in [5, 5.41) is 15.8. The van der Waals surface area contributed by atoms with E-state index in [0.717, 1.165) is 5.56 Å². The Morgan fingerprint density at radius 1 is 0.925 bits per heavy atom. The summed E-state index contributed by atoms with van der Waals surface area (Å²) >= 11 is 0. The standard InChI is InChI=1S/C39H65N5O9/c1-12-25(4)34(43(8)38(49)29(23-45)41-37(48)33(24(2)3)42(6)7)31(51-9)22-32(46)44-20-16-19-30(44)35(52-10)26(5)36(47)40-28(39(50)53-11)21-27-17-14-13-15-18-27/h13-15,17-18,24-26,28-31,33-35,45H,12,16,19-23H2,1-11H3,(H,40,47)(H,41,48)/t25-,26+,28?,29?,30?,31+,33?,34-,35+/m0/s1. The van der Waals surface area contributed by atoms with E-state index in [0.29, 0.717) is 25.8 Å². The average Bonchev–Trinajstić information content (AvgIpc) is 3.62. The third kappa shape index (κ3) is 12.2. The molecule has 3 N–H and O–H groups in total. The number of benzene rings is 1. The number of methoxy groups -OCH3 is 3. The van der Waals surface area contributed by atoms with Crippen LogP contribution in [0.25, 0.3) is 0 Å². The van der Waals surface area contributed by atoms with Crippen molar-refractivity contribution in [1.29, 1.82) is 0 Å². The van der Waals surface area contributed by atoms with E-state index < -0.39 is 72.7 Å². The van der Waals surface area contributed by atoms with Gasteiger partial charge in [-0.2, -0.15) is 0 Å². The van der Waals surface area contributed by atoms with Crippen LogP contribution in [0.4, 0.5) is 0 Å². The van der Waals surface area contributed by atoms with Crippen LogP contribution in [0.3, 0.4) is 0 Å². The van der Waals surface area contributed by atoms with Crippen LogP contribution in [0.1, 0.15) is 65.9 Å². The highest BCUT2D eigenvalue weighted by Gasteiger charge is 2.43. The zero-order valence-corrected chi connectivity index (χ0v) is 33.7. The van der Waals surface area contributed by atoms with Gasteiger partial charge in [0.2, 0.25) is 23.6 Å². The van der Waals surface area contributed by atoms with Gasteiger partial charge in [-0.05, 0) is 44.3 Å². The first kappa shape index (κ1) is 45.6.